The summed E-state index contributed by atoms with van der Waals surface area (Å²) in [5.74, 6) is 0. The van der Waals surface area contributed by atoms with E-state index in [4.69, 9.17) is 8.83 Å². The van der Waals surface area contributed by atoms with E-state index in [0.717, 1.165) is 49.3 Å². The lowest BCUT2D eigenvalue weighted by atomic mass is 9.84. The minimum absolute atomic E-state index is 0.883. The largest absolute Gasteiger partial charge is 0.456 e. The molecule has 0 saturated heterocycles. The van der Waals surface area contributed by atoms with Gasteiger partial charge in [-0.2, -0.15) is 0 Å². The maximum absolute atomic E-state index is 6.55. The van der Waals surface area contributed by atoms with Crippen molar-refractivity contribution in [3.05, 3.63) is 158 Å². The van der Waals surface area contributed by atoms with Gasteiger partial charge in [-0.05, 0) is 102 Å². The molecule has 11 rings (SSSR count). The first kappa shape index (κ1) is 25.8. The molecular weight excluding hydrogens is 585 g/mol. The van der Waals surface area contributed by atoms with E-state index in [1.54, 1.807) is 0 Å². The van der Waals surface area contributed by atoms with Crippen LogP contribution in [0, 0.1) is 0 Å². The van der Waals surface area contributed by atoms with Crippen molar-refractivity contribution in [3.8, 4) is 22.3 Å². The summed E-state index contributed by atoms with van der Waals surface area (Å²) in [5.41, 5.74) is 8.53. The van der Waals surface area contributed by atoms with E-state index in [9.17, 15) is 0 Å². The molecule has 2 aromatic heterocycles. The highest BCUT2D eigenvalue weighted by atomic mass is 16.3. The summed E-state index contributed by atoms with van der Waals surface area (Å²) < 4.78 is 12.7. The minimum atomic E-state index is 0.883. The molecule has 222 valence electrons. The molecule has 0 unspecified atom stereocenters. The van der Waals surface area contributed by atoms with Crippen LogP contribution in [0.5, 0.6) is 0 Å². The highest BCUT2D eigenvalue weighted by molar-refractivity contribution is 6.25. The zero-order valence-electron chi connectivity index (χ0n) is 25.8. The van der Waals surface area contributed by atoms with Gasteiger partial charge in [-0.25, -0.2) is 0 Å². The van der Waals surface area contributed by atoms with Crippen LogP contribution in [0.15, 0.2) is 167 Å². The van der Waals surface area contributed by atoms with Crippen molar-refractivity contribution in [2.24, 2.45) is 0 Å². The summed E-state index contributed by atoms with van der Waals surface area (Å²) in [6.45, 7) is 0. The Morgan fingerprint density at radius 2 is 0.875 bits per heavy atom. The third-order valence-electron chi connectivity index (χ3n) is 10.2. The molecule has 9 aromatic carbocycles. The van der Waals surface area contributed by atoms with Crippen molar-refractivity contribution in [2.75, 3.05) is 0 Å². The second-order valence-electron chi connectivity index (χ2n) is 12.8. The highest BCUT2D eigenvalue weighted by Crippen LogP contribution is 2.46. The Labute approximate surface area is 275 Å². The van der Waals surface area contributed by atoms with Crippen LogP contribution >= 0.6 is 0 Å². The van der Waals surface area contributed by atoms with E-state index in [0.29, 0.717) is 0 Å². The second kappa shape index (κ2) is 9.57. The fourth-order valence-electron chi connectivity index (χ4n) is 8.15. The summed E-state index contributed by atoms with van der Waals surface area (Å²) in [6, 6.07) is 56.7. The quantitative estimate of drug-likeness (QED) is 0.182. The molecule has 0 aliphatic carbocycles. The first-order chi connectivity index (χ1) is 23.8. The van der Waals surface area contributed by atoms with Gasteiger partial charge in [-0.1, -0.05) is 121 Å². The van der Waals surface area contributed by atoms with Crippen LogP contribution in [0.4, 0.5) is 0 Å². The Balaban J connectivity index is 1.19. The van der Waals surface area contributed by atoms with E-state index in [1.807, 2.05) is 12.1 Å². The Hall–Kier alpha value is -6.38. The van der Waals surface area contributed by atoms with Gasteiger partial charge in [0, 0.05) is 21.5 Å². The summed E-state index contributed by atoms with van der Waals surface area (Å²) in [6.07, 6.45) is 0. The number of benzene rings is 9. The summed E-state index contributed by atoms with van der Waals surface area (Å²) >= 11 is 0. The van der Waals surface area contributed by atoms with Crippen LogP contribution in [-0.4, -0.2) is 0 Å². The molecule has 0 amide bonds. The van der Waals surface area contributed by atoms with E-state index in [2.05, 4.69) is 146 Å². The third-order valence-corrected chi connectivity index (χ3v) is 10.2. The number of hydrogen-bond donors (Lipinski definition) is 0. The molecule has 0 atom stereocenters. The first-order valence-electron chi connectivity index (χ1n) is 16.4. The van der Waals surface area contributed by atoms with Gasteiger partial charge in [-0.3, -0.25) is 0 Å². The maximum atomic E-state index is 6.55. The number of rotatable bonds is 2. The zero-order valence-corrected chi connectivity index (χ0v) is 25.8. The van der Waals surface area contributed by atoms with Crippen LogP contribution in [0.3, 0.4) is 0 Å². The predicted octanol–water partition coefficient (Wildman–Crippen LogP) is 13.4. The lowest BCUT2D eigenvalue weighted by Crippen LogP contribution is -1.91. The standard InChI is InChI=1S/C46H26O2/c1-2-12-30-27(10-1)11-9-18-31(30)45-34-15-5-3-13-32(34)44(33-14-4-6-16-35(33)45)29-21-22-41-38(25-29)39-24-28-20-23-42-46(37(28)26-43(39)48-41)36-17-7-8-19-40(36)47-42/h1-26H. The van der Waals surface area contributed by atoms with E-state index < -0.39 is 0 Å². The van der Waals surface area contributed by atoms with Crippen molar-refractivity contribution in [1.29, 1.82) is 0 Å². The van der Waals surface area contributed by atoms with Gasteiger partial charge in [-0.15, -0.1) is 0 Å². The van der Waals surface area contributed by atoms with Gasteiger partial charge in [0.25, 0.3) is 0 Å². The van der Waals surface area contributed by atoms with Gasteiger partial charge >= 0.3 is 0 Å². The van der Waals surface area contributed by atoms with Crippen LogP contribution in [-0.2, 0) is 0 Å². The highest BCUT2D eigenvalue weighted by Gasteiger charge is 2.19. The topological polar surface area (TPSA) is 26.3 Å². The molecule has 0 fully saturated rings. The molecular formula is C46H26O2. The molecule has 2 heteroatoms. The Morgan fingerprint density at radius 3 is 1.67 bits per heavy atom. The van der Waals surface area contributed by atoms with Gasteiger partial charge in [0.05, 0.1) is 0 Å². The summed E-state index contributed by atoms with van der Waals surface area (Å²) in [5, 5.41) is 14.3. The minimum Gasteiger partial charge on any atom is -0.456 e. The van der Waals surface area contributed by atoms with Gasteiger partial charge in [0.15, 0.2) is 0 Å². The van der Waals surface area contributed by atoms with Crippen molar-refractivity contribution < 1.29 is 8.83 Å². The molecule has 0 radical (unpaired) electrons. The monoisotopic (exact) mass is 610 g/mol. The van der Waals surface area contributed by atoms with Crippen LogP contribution in [0.25, 0.3) is 109 Å². The van der Waals surface area contributed by atoms with E-state index in [1.165, 1.54) is 60.0 Å². The number of fused-ring (bicyclic) bond motifs is 11. The second-order valence-corrected chi connectivity index (χ2v) is 12.8. The molecule has 0 spiro atoms. The molecule has 0 saturated carbocycles. The average molecular weight is 611 g/mol. The lowest BCUT2D eigenvalue weighted by Gasteiger charge is -2.18. The molecule has 0 aliphatic rings. The molecule has 0 aliphatic heterocycles. The van der Waals surface area contributed by atoms with Crippen molar-refractivity contribution in [2.45, 2.75) is 0 Å². The Bertz CT molecular complexity index is 3060. The fourth-order valence-corrected chi connectivity index (χ4v) is 8.15. The Morgan fingerprint density at radius 1 is 0.292 bits per heavy atom. The lowest BCUT2D eigenvalue weighted by molar-refractivity contribution is 0.669. The van der Waals surface area contributed by atoms with E-state index in [-0.39, 0.29) is 0 Å². The molecule has 48 heavy (non-hydrogen) atoms. The Kier molecular flexibility index (Phi) is 5.14. The van der Waals surface area contributed by atoms with Crippen molar-refractivity contribution in [3.63, 3.8) is 0 Å². The number of para-hydroxylation sites is 1. The van der Waals surface area contributed by atoms with Gasteiger partial charge in [0.1, 0.15) is 22.3 Å². The van der Waals surface area contributed by atoms with Gasteiger partial charge in [0.2, 0.25) is 0 Å². The first-order valence-corrected chi connectivity index (χ1v) is 16.4. The zero-order chi connectivity index (χ0) is 31.3. The van der Waals surface area contributed by atoms with Gasteiger partial charge < -0.3 is 8.83 Å². The third kappa shape index (κ3) is 3.52. The summed E-state index contributed by atoms with van der Waals surface area (Å²) in [4.78, 5) is 0. The predicted molar refractivity (Wildman–Crippen MR) is 202 cm³/mol. The molecule has 11 aromatic rings. The van der Waals surface area contributed by atoms with Crippen LogP contribution in [0.1, 0.15) is 0 Å². The fraction of sp³-hybridized carbons (Fsp3) is 0. The smallest absolute Gasteiger partial charge is 0.136 e. The van der Waals surface area contributed by atoms with E-state index >= 15 is 0 Å². The SMILES string of the molecule is c1ccc2c(-c3c4ccccc4c(-c4ccc5oc6cc7c(ccc8oc9ccccc9c87)cc6c5c4)c4ccccc34)cccc2c1. The normalized spacial score (nSPS) is 12.2. The number of furan rings is 2. The molecule has 2 nitrogen and oxygen atoms in total. The summed E-state index contributed by atoms with van der Waals surface area (Å²) in [7, 11) is 0. The van der Waals surface area contributed by atoms with Crippen molar-refractivity contribution >= 4 is 87.0 Å². The van der Waals surface area contributed by atoms with Crippen molar-refractivity contribution in [1.82, 2.24) is 0 Å². The van der Waals surface area contributed by atoms with Crippen LogP contribution < -0.4 is 0 Å². The molecule has 0 N–H and O–H groups in total. The van der Waals surface area contributed by atoms with Crippen LogP contribution in [0.2, 0.25) is 0 Å². The number of hydrogen-bond acceptors (Lipinski definition) is 2. The molecule has 0 bridgehead atoms. The molecule has 2 heterocycles. The average Bonchev–Trinajstić information content (AvgIpc) is 3.70. The maximum Gasteiger partial charge on any atom is 0.136 e.